The maximum atomic E-state index is 11.9. The SMILES string of the molecule is CCN(CC)CCSCC(=O)Nc1cc(N)ccc1C.Cl.Cl. The van der Waals surface area contributed by atoms with E-state index < -0.39 is 0 Å². The van der Waals surface area contributed by atoms with Gasteiger partial charge in [0.05, 0.1) is 5.75 Å². The lowest BCUT2D eigenvalue weighted by molar-refractivity contribution is -0.113. The number of hydrogen-bond acceptors (Lipinski definition) is 4. The van der Waals surface area contributed by atoms with E-state index >= 15 is 0 Å². The minimum Gasteiger partial charge on any atom is -0.399 e. The van der Waals surface area contributed by atoms with Crippen LogP contribution in [-0.2, 0) is 4.79 Å². The number of carbonyl (C=O) groups excluding carboxylic acids is 1. The Labute approximate surface area is 150 Å². The van der Waals surface area contributed by atoms with E-state index in [1.165, 1.54) is 0 Å². The number of benzene rings is 1. The lowest BCUT2D eigenvalue weighted by atomic mass is 10.2. The zero-order valence-corrected chi connectivity index (χ0v) is 15.9. The van der Waals surface area contributed by atoms with Gasteiger partial charge in [-0.3, -0.25) is 4.79 Å². The molecule has 0 unspecified atom stereocenters. The first-order valence-electron chi connectivity index (χ1n) is 7.02. The van der Waals surface area contributed by atoms with Gasteiger partial charge in [-0.25, -0.2) is 0 Å². The first-order chi connectivity index (χ1) is 9.56. The molecule has 0 spiro atoms. The molecule has 0 fully saturated rings. The molecule has 0 aliphatic heterocycles. The van der Waals surface area contributed by atoms with Crippen molar-refractivity contribution in [2.75, 3.05) is 42.2 Å². The second-order valence-electron chi connectivity index (χ2n) is 4.70. The van der Waals surface area contributed by atoms with Crippen LogP contribution in [0.15, 0.2) is 18.2 Å². The Balaban J connectivity index is 0. The Morgan fingerprint density at radius 1 is 1.27 bits per heavy atom. The maximum Gasteiger partial charge on any atom is 0.234 e. The number of thioether (sulfide) groups is 1. The number of nitrogens with two attached hydrogens (primary N) is 1. The van der Waals surface area contributed by atoms with Gasteiger partial charge in [-0.15, -0.1) is 24.8 Å². The highest BCUT2D eigenvalue weighted by Crippen LogP contribution is 2.18. The fourth-order valence-corrected chi connectivity index (χ4v) is 2.65. The molecule has 0 bridgehead atoms. The molecule has 1 rings (SSSR count). The first-order valence-corrected chi connectivity index (χ1v) is 8.18. The van der Waals surface area contributed by atoms with E-state index in [1.54, 1.807) is 17.8 Å². The zero-order chi connectivity index (χ0) is 15.0. The summed E-state index contributed by atoms with van der Waals surface area (Å²) in [7, 11) is 0. The van der Waals surface area contributed by atoms with E-state index in [1.807, 2.05) is 19.1 Å². The summed E-state index contributed by atoms with van der Waals surface area (Å²) in [4.78, 5) is 14.2. The predicted molar refractivity (Wildman–Crippen MR) is 104 cm³/mol. The quantitative estimate of drug-likeness (QED) is 0.545. The Bertz CT molecular complexity index is 443. The van der Waals surface area contributed by atoms with Crippen molar-refractivity contribution in [1.82, 2.24) is 4.90 Å². The molecule has 1 amide bonds. The van der Waals surface area contributed by atoms with E-state index in [2.05, 4.69) is 24.1 Å². The topological polar surface area (TPSA) is 58.4 Å². The van der Waals surface area contributed by atoms with Gasteiger partial charge in [0.1, 0.15) is 0 Å². The van der Waals surface area contributed by atoms with Gasteiger partial charge in [-0.2, -0.15) is 11.8 Å². The Kier molecular flexibility index (Phi) is 13.8. The number of carbonyl (C=O) groups is 1. The molecular weight excluding hydrogens is 341 g/mol. The van der Waals surface area contributed by atoms with Crippen LogP contribution >= 0.6 is 36.6 Å². The fraction of sp³-hybridized carbons (Fsp3) is 0.533. The third-order valence-corrected chi connectivity index (χ3v) is 4.15. The summed E-state index contributed by atoms with van der Waals surface area (Å²) in [5, 5.41) is 2.91. The lowest BCUT2D eigenvalue weighted by Gasteiger charge is -2.17. The number of nitrogens with one attached hydrogen (secondary N) is 1. The van der Waals surface area contributed by atoms with Crippen molar-refractivity contribution >= 4 is 53.9 Å². The normalized spacial score (nSPS) is 9.82. The third kappa shape index (κ3) is 8.73. The Hall–Kier alpha value is -0.620. The summed E-state index contributed by atoms with van der Waals surface area (Å²) in [5.41, 5.74) is 8.23. The van der Waals surface area contributed by atoms with Gasteiger partial charge in [-0.05, 0) is 37.7 Å². The highest BCUT2D eigenvalue weighted by molar-refractivity contribution is 7.99. The average Bonchev–Trinajstić information content (AvgIpc) is 2.43. The summed E-state index contributed by atoms with van der Waals surface area (Å²) < 4.78 is 0. The number of hydrogen-bond donors (Lipinski definition) is 2. The third-order valence-electron chi connectivity index (χ3n) is 3.22. The summed E-state index contributed by atoms with van der Waals surface area (Å²) in [5.74, 6) is 1.49. The minimum atomic E-state index is 0. The van der Waals surface area contributed by atoms with Crippen LogP contribution < -0.4 is 11.1 Å². The number of halogens is 2. The molecule has 0 radical (unpaired) electrons. The highest BCUT2D eigenvalue weighted by atomic mass is 35.5. The average molecular weight is 368 g/mol. The number of aryl methyl sites for hydroxylation is 1. The molecule has 0 atom stereocenters. The monoisotopic (exact) mass is 367 g/mol. The molecule has 4 nitrogen and oxygen atoms in total. The maximum absolute atomic E-state index is 11.9. The van der Waals surface area contributed by atoms with Crippen molar-refractivity contribution in [2.45, 2.75) is 20.8 Å². The van der Waals surface area contributed by atoms with E-state index in [0.29, 0.717) is 11.4 Å². The largest absolute Gasteiger partial charge is 0.399 e. The van der Waals surface area contributed by atoms with Crippen molar-refractivity contribution in [2.24, 2.45) is 0 Å². The lowest BCUT2D eigenvalue weighted by Crippen LogP contribution is -2.26. The molecule has 0 aliphatic rings. The summed E-state index contributed by atoms with van der Waals surface area (Å²) in [6, 6.07) is 5.55. The van der Waals surface area contributed by atoms with Crippen LogP contribution in [0.3, 0.4) is 0 Å². The molecule has 0 aromatic heterocycles. The van der Waals surface area contributed by atoms with Crippen molar-refractivity contribution in [3.63, 3.8) is 0 Å². The number of nitrogens with zero attached hydrogens (tertiary/aromatic N) is 1. The second kappa shape index (κ2) is 12.9. The molecule has 7 heteroatoms. The van der Waals surface area contributed by atoms with Gasteiger partial charge in [0.2, 0.25) is 5.91 Å². The van der Waals surface area contributed by atoms with Crippen LogP contribution in [-0.4, -0.2) is 41.9 Å². The molecule has 1 aromatic rings. The molecule has 3 N–H and O–H groups in total. The zero-order valence-electron chi connectivity index (χ0n) is 13.4. The Morgan fingerprint density at radius 3 is 2.50 bits per heavy atom. The summed E-state index contributed by atoms with van der Waals surface area (Å²) in [6.07, 6.45) is 0. The number of rotatable bonds is 8. The van der Waals surface area contributed by atoms with Crippen molar-refractivity contribution in [1.29, 1.82) is 0 Å². The van der Waals surface area contributed by atoms with E-state index in [0.717, 1.165) is 36.6 Å². The number of anilines is 2. The molecule has 0 saturated carbocycles. The Morgan fingerprint density at radius 2 is 1.91 bits per heavy atom. The molecule has 0 heterocycles. The van der Waals surface area contributed by atoms with Gasteiger partial charge in [0.25, 0.3) is 0 Å². The smallest absolute Gasteiger partial charge is 0.234 e. The molecular formula is C15H27Cl2N3OS. The van der Waals surface area contributed by atoms with Crippen LogP contribution in [0.1, 0.15) is 19.4 Å². The van der Waals surface area contributed by atoms with E-state index in [9.17, 15) is 4.79 Å². The van der Waals surface area contributed by atoms with Gasteiger partial charge < -0.3 is 16.0 Å². The van der Waals surface area contributed by atoms with Crippen LogP contribution in [0.2, 0.25) is 0 Å². The molecule has 0 aliphatic carbocycles. The fourth-order valence-electron chi connectivity index (χ4n) is 1.86. The van der Waals surface area contributed by atoms with Crippen LogP contribution in [0.5, 0.6) is 0 Å². The standard InChI is InChI=1S/C15H25N3OS.2ClH/c1-4-18(5-2)8-9-20-11-15(19)17-14-10-13(16)7-6-12(14)3;;/h6-7,10H,4-5,8-9,11,16H2,1-3H3,(H,17,19);2*1H. The predicted octanol–water partition coefficient (Wildman–Crippen LogP) is 3.43. The van der Waals surface area contributed by atoms with Crippen LogP contribution in [0.4, 0.5) is 11.4 Å². The van der Waals surface area contributed by atoms with Crippen molar-refractivity contribution in [3.05, 3.63) is 23.8 Å². The molecule has 22 heavy (non-hydrogen) atoms. The minimum absolute atomic E-state index is 0. The first kappa shape index (κ1) is 23.6. The molecule has 128 valence electrons. The van der Waals surface area contributed by atoms with Gasteiger partial charge in [-0.1, -0.05) is 19.9 Å². The summed E-state index contributed by atoms with van der Waals surface area (Å²) >= 11 is 1.66. The molecule has 1 aromatic carbocycles. The molecule has 0 saturated heterocycles. The van der Waals surface area contributed by atoms with Gasteiger partial charge >= 0.3 is 0 Å². The van der Waals surface area contributed by atoms with E-state index in [4.69, 9.17) is 5.73 Å². The number of amides is 1. The van der Waals surface area contributed by atoms with Crippen molar-refractivity contribution in [3.8, 4) is 0 Å². The summed E-state index contributed by atoms with van der Waals surface area (Å²) in [6.45, 7) is 9.43. The van der Waals surface area contributed by atoms with Gasteiger partial charge in [0.15, 0.2) is 0 Å². The van der Waals surface area contributed by atoms with E-state index in [-0.39, 0.29) is 30.7 Å². The van der Waals surface area contributed by atoms with Crippen LogP contribution in [0, 0.1) is 6.92 Å². The van der Waals surface area contributed by atoms with Crippen LogP contribution in [0.25, 0.3) is 0 Å². The highest BCUT2D eigenvalue weighted by Gasteiger charge is 2.06. The second-order valence-corrected chi connectivity index (χ2v) is 5.81. The number of nitrogen functional groups attached to an aromatic ring is 1. The van der Waals surface area contributed by atoms with Gasteiger partial charge in [0, 0.05) is 23.7 Å². The van der Waals surface area contributed by atoms with Crippen molar-refractivity contribution < 1.29 is 4.79 Å².